The molecule has 2 aromatic heterocycles. The molecule has 0 radical (unpaired) electrons. The predicted octanol–water partition coefficient (Wildman–Crippen LogP) is 2.98. The Bertz CT molecular complexity index is 1050. The van der Waals surface area contributed by atoms with E-state index in [-0.39, 0.29) is 11.4 Å². The van der Waals surface area contributed by atoms with Gasteiger partial charge in [-0.15, -0.1) is 0 Å². The van der Waals surface area contributed by atoms with Crippen LogP contribution in [0.5, 0.6) is 0 Å². The van der Waals surface area contributed by atoms with Gasteiger partial charge in [-0.2, -0.15) is 0 Å². The Morgan fingerprint density at radius 2 is 2.13 bits per heavy atom. The number of aliphatic imine (C=N–C) groups is 1. The number of nitrogens with one attached hydrogen (secondary N) is 3. The number of rotatable bonds is 8. The summed E-state index contributed by atoms with van der Waals surface area (Å²) in [4.78, 5) is 29.7. The van der Waals surface area contributed by atoms with Gasteiger partial charge in [0.15, 0.2) is 5.82 Å². The molecule has 7 nitrogen and oxygen atoms in total. The van der Waals surface area contributed by atoms with Crippen molar-refractivity contribution in [2.75, 3.05) is 5.32 Å². The summed E-state index contributed by atoms with van der Waals surface area (Å²) in [6.45, 7) is 14.2. The first-order valence-electron chi connectivity index (χ1n) is 10.6. The third-order valence-electron chi connectivity index (χ3n) is 5.55. The van der Waals surface area contributed by atoms with Crippen LogP contribution >= 0.6 is 0 Å². The number of nitrogens with zero attached hydrogens (tertiary/aromatic N) is 3. The molecule has 0 spiro atoms. The Hall–Kier alpha value is -2.96. The lowest BCUT2D eigenvalue weighted by Crippen LogP contribution is -2.37. The van der Waals surface area contributed by atoms with E-state index in [9.17, 15) is 4.79 Å². The number of aryl methyl sites for hydroxylation is 1. The summed E-state index contributed by atoms with van der Waals surface area (Å²) in [5, 5.41) is 7.70. The molecule has 0 aromatic carbocycles. The highest BCUT2D eigenvalue weighted by molar-refractivity contribution is 6.05. The standard InChI is InChI=1S/C23H32N6O/c1-7-9-14(3)17-12-26-18(13-25-17)28-22(30)20-16(5)27-15(4)19(20)21(24-8-2)29-23(6)10-11-23/h8,12-14,27,29H,4,7,9-11H2,1-3,5-6H3,(H,26,28,30)/b21-19-,24-8?. The Balaban J connectivity index is 1.93. The maximum absolute atomic E-state index is 13.2. The summed E-state index contributed by atoms with van der Waals surface area (Å²) < 4.78 is 0. The Kier molecular flexibility index (Phi) is 6.39. The van der Waals surface area contributed by atoms with Crippen molar-refractivity contribution in [2.24, 2.45) is 4.99 Å². The van der Waals surface area contributed by atoms with Gasteiger partial charge in [-0.3, -0.25) is 9.78 Å². The molecule has 3 N–H and O–H groups in total. The molecule has 1 atom stereocenters. The summed E-state index contributed by atoms with van der Waals surface area (Å²) in [7, 11) is 0. The van der Waals surface area contributed by atoms with Gasteiger partial charge in [0.05, 0.1) is 28.9 Å². The maximum atomic E-state index is 13.2. The molecule has 1 aliphatic rings. The number of aromatic amines is 1. The molecule has 0 aliphatic heterocycles. The van der Waals surface area contributed by atoms with E-state index in [4.69, 9.17) is 0 Å². The van der Waals surface area contributed by atoms with Crippen LogP contribution in [0.4, 0.5) is 5.82 Å². The van der Waals surface area contributed by atoms with Crippen LogP contribution in [0.3, 0.4) is 0 Å². The van der Waals surface area contributed by atoms with Crippen molar-refractivity contribution in [1.29, 1.82) is 0 Å². The Labute approximate surface area is 177 Å². The largest absolute Gasteiger partial charge is 0.364 e. The van der Waals surface area contributed by atoms with E-state index < -0.39 is 0 Å². The molecule has 0 bridgehead atoms. The predicted molar refractivity (Wildman–Crippen MR) is 122 cm³/mol. The van der Waals surface area contributed by atoms with Crippen LogP contribution in [-0.4, -0.2) is 32.6 Å². The lowest BCUT2D eigenvalue weighted by atomic mass is 10.0. The lowest BCUT2D eigenvalue weighted by Gasteiger charge is -2.14. The fourth-order valence-electron chi connectivity index (χ4n) is 3.54. The van der Waals surface area contributed by atoms with Gasteiger partial charge >= 0.3 is 0 Å². The van der Waals surface area contributed by atoms with Gasteiger partial charge in [-0.05, 0) is 46.0 Å². The average molecular weight is 409 g/mol. The maximum Gasteiger partial charge on any atom is 0.259 e. The minimum Gasteiger partial charge on any atom is -0.364 e. The molecule has 1 amide bonds. The number of aromatic nitrogens is 3. The Morgan fingerprint density at radius 3 is 2.70 bits per heavy atom. The van der Waals surface area contributed by atoms with E-state index >= 15 is 0 Å². The smallest absolute Gasteiger partial charge is 0.259 e. The summed E-state index contributed by atoms with van der Waals surface area (Å²) >= 11 is 0. The van der Waals surface area contributed by atoms with Crippen molar-refractivity contribution in [3.05, 3.63) is 39.9 Å². The van der Waals surface area contributed by atoms with Crippen molar-refractivity contribution in [2.45, 2.75) is 71.8 Å². The topological polar surface area (TPSA) is 95.1 Å². The normalized spacial score (nSPS) is 17.0. The number of amides is 1. The molecule has 7 heteroatoms. The molecule has 1 saturated carbocycles. The van der Waals surface area contributed by atoms with E-state index in [2.05, 4.69) is 57.9 Å². The summed E-state index contributed by atoms with van der Waals surface area (Å²) in [5.41, 5.74) is 2.20. The monoisotopic (exact) mass is 408 g/mol. The molecular weight excluding hydrogens is 376 g/mol. The highest BCUT2D eigenvalue weighted by Crippen LogP contribution is 2.35. The lowest BCUT2D eigenvalue weighted by molar-refractivity contribution is 0.102. The van der Waals surface area contributed by atoms with Crippen molar-refractivity contribution in [3.8, 4) is 0 Å². The number of carbonyl (C=O) groups excluding carboxylic acids is 1. The van der Waals surface area contributed by atoms with E-state index in [0.717, 1.165) is 37.1 Å². The van der Waals surface area contributed by atoms with E-state index in [0.29, 0.717) is 33.7 Å². The number of hydrogen-bond donors (Lipinski definition) is 3. The summed E-state index contributed by atoms with van der Waals surface area (Å²) in [6.07, 6.45) is 9.38. The van der Waals surface area contributed by atoms with Crippen molar-refractivity contribution in [1.82, 2.24) is 20.3 Å². The zero-order valence-electron chi connectivity index (χ0n) is 18.6. The van der Waals surface area contributed by atoms with Gasteiger partial charge in [0.2, 0.25) is 0 Å². The zero-order chi connectivity index (χ0) is 21.9. The van der Waals surface area contributed by atoms with Gasteiger partial charge in [0.1, 0.15) is 5.82 Å². The number of H-pyrrole nitrogens is 1. The van der Waals surface area contributed by atoms with Gasteiger partial charge in [0.25, 0.3) is 5.91 Å². The molecule has 3 rings (SSSR count). The molecule has 2 heterocycles. The van der Waals surface area contributed by atoms with Crippen LogP contribution in [0.1, 0.15) is 81.0 Å². The minimum absolute atomic E-state index is 0.0176. The summed E-state index contributed by atoms with van der Waals surface area (Å²) in [6, 6.07) is 0. The second-order valence-corrected chi connectivity index (χ2v) is 8.37. The molecule has 1 fully saturated rings. The van der Waals surface area contributed by atoms with Crippen LogP contribution in [0, 0.1) is 6.92 Å². The van der Waals surface area contributed by atoms with Crippen molar-refractivity contribution < 1.29 is 4.79 Å². The zero-order valence-corrected chi connectivity index (χ0v) is 18.6. The minimum atomic E-state index is -0.260. The molecule has 0 saturated heterocycles. The van der Waals surface area contributed by atoms with E-state index in [1.807, 2.05) is 13.8 Å². The van der Waals surface area contributed by atoms with Gasteiger partial charge in [0, 0.05) is 22.8 Å². The van der Waals surface area contributed by atoms with Crippen molar-refractivity contribution >= 4 is 30.3 Å². The van der Waals surface area contributed by atoms with Gasteiger partial charge in [-0.1, -0.05) is 26.8 Å². The van der Waals surface area contributed by atoms with E-state index in [1.54, 1.807) is 18.6 Å². The average Bonchev–Trinajstić information content (AvgIpc) is 3.34. The molecule has 1 unspecified atom stereocenters. The van der Waals surface area contributed by atoms with E-state index in [1.165, 1.54) is 0 Å². The van der Waals surface area contributed by atoms with Crippen LogP contribution in [0.15, 0.2) is 17.4 Å². The first-order chi connectivity index (χ1) is 14.3. The second-order valence-electron chi connectivity index (χ2n) is 8.37. The quantitative estimate of drug-likeness (QED) is 0.585. The molecule has 30 heavy (non-hydrogen) atoms. The highest BCUT2D eigenvalue weighted by atomic mass is 16.1. The van der Waals surface area contributed by atoms with Crippen LogP contribution < -0.4 is 21.2 Å². The molecule has 2 aromatic rings. The first-order valence-corrected chi connectivity index (χ1v) is 10.6. The van der Waals surface area contributed by atoms with Gasteiger partial charge in [-0.25, -0.2) is 9.98 Å². The number of carbonyl (C=O) groups is 1. The van der Waals surface area contributed by atoms with Crippen LogP contribution in [0.25, 0.3) is 12.4 Å². The Morgan fingerprint density at radius 1 is 1.40 bits per heavy atom. The molecular formula is C23H32N6O. The number of hydrogen-bond acceptors (Lipinski definition) is 5. The second kappa shape index (κ2) is 8.81. The van der Waals surface area contributed by atoms with Crippen molar-refractivity contribution in [3.63, 3.8) is 0 Å². The van der Waals surface area contributed by atoms with Crippen LogP contribution in [-0.2, 0) is 0 Å². The van der Waals surface area contributed by atoms with Crippen LogP contribution in [0.2, 0.25) is 0 Å². The first kappa shape index (κ1) is 21.7. The number of anilines is 1. The fourth-order valence-corrected chi connectivity index (χ4v) is 3.54. The molecule has 1 aliphatic carbocycles. The third-order valence-corrected chi connectivity index (χ3v) is 5.55. The SMILES string of the molecule is C=c1[nH]c(C)c(C(=O)Nc2cnc(C(C)CCC)cn2)/c1=C(/N=CC)NC1(C)CC1. The molecule has 160 valence electrons. The summed E-state index contributed by atoms with van der Waals surface area (Å²) in [5.74, 6) is 1.17. The third kappa shape index (κ3) is 4.78. The highest BCUT2D eigenvalue weighted by Gasteiger charge is 2.38. The van der Waals surface area contributed by atoms with Gasteiger partial charge < -0.3 is 15.6 Å². The fraction of sp³-hybridized carbons (Fsp3) is 0.478.